The standard InChI is InChI=1S/C14H14F3NO2/c1-3-6-13(2,8-18)11-7-9(14(15,16)17)4-5-10(11)12(19)20/h4-5,7H,3,6H2,1-2H3,(H,19,20). The molecule has 1 aromatic rings. The van der Waals surface area contributed by atoms with Crippen LogP contribution in [0.5, 0.6) is 0 Å². The Morgan fingerprint density at radius 3 is 2.40 bits per heavy atom. The van der Waals surface area contributed by atoms with Crippen LogP contribution in [0.25, 0.3) is 0 Å². The van der Waals surface area contributed by atoms with Gasteiger partial charge in [-0.25, -0.2) is 4.79 Å². The Morgan fingerprint density at radius 2 is 2.00 bits per heavy atom. The van der Waals surface area contributed by atoms with Gasteiger partial charge in [0.1, 0.15) is 0 Å². The molecule has 0 bridgehead atoms. The minimum atomic E-state index is -4.58. The van der Waals surface area contributed by atoms with E-state index >= 15 is 0 Å². The highest BCUT2D eigenvalue weighted by Crippen LogP contribution is 2.36. The van der Waals surface area contributed by atoms with E-state index in [0.717, 1.165) is 18.2 Å². The lowest BCUT2D eigenvalue weighted by molar-refractivity contribution is -0.137. The Hall–Kier alpha value is -2.03. The SMILES string of the molecule is CCCC(C)(C#N)c1cc(C(F)(F)F)ccc1C(=O)O. The molecule has 0 heterocycles. The number of carboxylic acids is 1. The normalized spacial score (nSPS) is 14.4. The lowest BCUT2D eigenvalue weighted by Gasteiger charge is -2.24. The first kappa shape index (κ1) is 16.0. The maximum absolute atomic E-state index is 12.7. The summed E-state index contributed by atoms with van der Waals surface area (Å²) in [5.41, 5.74) is -2.57. The molecule has 1 aromatic carbocycles. The van der Waals surface area contributed by atoms with Crippen LogP contribution in [0.4, 0.5) is 13.2 Å². The lowest BCUT2D eigenvalue weighted by Crippen LogP contribution is -2.24. The minimum Gasteiger partial charge on any atom is -0.478 e. The van der Waals surface area contributed by atoms with Crippen molar-refractivity contribution in [1.82, 2.24) is 0 Å². The number of carboxylic acid groups (broad SMARTS) is 1. The number of carbonyl (C=O) groups is 1. The van der Waals surface area contributed by atoms with E-state index in [9.17, 15) is 23.2 Å². The zero-order valence-corrected chi connectivity index (χ0v) is 11.1. The van der Waals surface area contributed by atoms with Crippen molar-refractivity contribution in [2.75, 3.05) is 0 Å². The van der Waals surface area contributed by atoms with Crippen LogP contribution >= 0.6 is 0 Å². The van der Waals surface area contributed by atoms with Crippen LogP contribution in [0.2, 0.25) is 0 Å². The summed E-state index contributed by atoms with van der Waals surface area (Å²) < 4.78 is 38.2. The van der Waals surface area contributed by atoms with E-state index in [2.05, 4.69) is 0 Å². The summed E-state index contributed by atoms with van der Waals surface area (Å²) in [6, 6.07) is 4.33. The molecule has 0 fully saturated rings. The predicted octanol–water partition coefficient (Wildman–Crippen LogP) is 3.98. The summed E-state index contributed by atoms with van der Waals surface area (Å²) >= 11 is 0. The molecule has 0 spiro atoms. The molecule has 0 saturated carbocycles. The summed E-state index contributed by atoms with van der Waals surface area (Å²) in [5, 5.41) is 18.3. The van der Waals surface area contributed by atoms with E-state index in [1.807, 2.05) is 6.07 Å². The van der Waals surface area contributed by atoms with Gasteiger partial charge in [-0.3, -0.25) is 0 Å². The fraction of sp³-hybridized carbons (Fsp3) is 0.429. The van der Waals surface area contributed by atoms with E-state index in [1.165, 1.54) is 6.92 Å². The molecule has 0 saturated heterocycles. The molecule has 1 N–H and O–H groups in total. The zero-order chi connectivity index (χ0) is 15.6. The van der Waals surface area contributed by atoms with Crippen molar-refractivity contribution in [3.8, 4) is 6.07 Å². The second-order valence-electron chi connectivity index (χ2n) is 4.76. The van der Waals surface area contributed by atoms with Gasteiger partial charge in [0.25, 0.3) is 0 Å². The second kappa shape index (κ2) is 5.53. The fourth-order valence-electron chi connectivity index (χ4n) is 2.11. The number of hydrogen-bond acceptors (Lipinski definition) is 2. The molecular formula is C14H14F3NO2. The predicted molar refractivity (Wildman–Crippen MR) is 66.3 cm³/mol. The molecule has 1 unspecified atom stereocenters. The first-order valence-corrected chi connectivity index (χ1v) is 6.02. The third-order valence-corrected chi connectivity index (χ3v) is 3.17. The van der Waals surface area contributed by atoms with Gasteiger partial charge in [-0.15, -0.1) is 0 Å². The van der Waals surface area contributed by atoms with Crippen molar-refractivity contribution >= 4 is 5.97 Å². The highest BCUT2D eigenvalue weighted by Gasteiger charge is 2.36. The Balaban J connectivity index is 3.55. The molecule has 6 heteroatoms. The van der Waals surface area contributed by atoms with Gasteiger partial charge in [-0.2, -0.15) is 18.4 Å². The van der Waals surface area contributed by atoms with Gasteiger partial charge in [0.15, 0.2) is 0 Å². The molecule has 0 aromatic heterocycles. The average molecular weight is 285 g/mol. The van der Waals surface area contributed by atoms with Crippen LogP contribution in [-0.4, -0.2) is 11.1 Å². The van der Waals surface area contributed by atoms with Crippen molar-refractivity contribution in [2.24, 2.45) is 0 Å². The first-order valence-electron chi connectivity index (χ1n) is 6.02. The van der Waals surface area contributed by atoms with Crippen LogP contribution in [-0.2, 0) is 11.6 Å². The van der Waals surface area contributed by atoms with Crippen LogP contribution in [0.15, 0.2) is 18.2 Å². The maximum Gasteiger partial charge on any atom is 0.416 e. The Morgan fingerprint density at radius 1 is 1.40 bits per heavy atom. The van der Waals surface area contributed by atoms with Gasteiger partial charge >= 0.3 is 12.1 Å². The van der Waals surface area contributed by atoms with Gasteiger partial charge in [-0.05, 0) is 37.1 Å². The molecule has 108 valence electrons. The van der Waals surface area contributed by atoms with Crippen molar-refractivity contribution in [3.05, 3.63) is 34.9 Å². The summed E-state index contributed by atoms with van der Waals surface area (Å²) in [6.45, 7) is 3.24. The Kier molecular flexibility index (Phi) is 4.43. The topological polar surface area (TPSA) is 61.1 Å². The fourth-order valence-corrected chi connectivity index (χ4v) is 2.11. The van der Waals surface area contributed by atoms with E-state index in [1.54, 1.807) is 6.92 Å². The molecule has 0 aliphatic heterocycles. The molecule has 1 rings (SSSR count). The summed E-state index contributed by atoms with van der Waals surface area (Å²) in [4.78, 5) is 11.2. The number of hydrogen-bond donors (Lipinski definition) is 1. The van der Waals surface area contributed by atoms with E-state index in [-0.39, 0.29) is 17.5 Å². The summed E-state index contributed by atoms with van der Waals surface area (Å²) in [7, 11) is 0. The van der Waals surface area contributed by atoms with Crippen LogP contribution < -0.4 is 0 Å². The molecular weight excluding hydrogens is 271 g/mol. The molecule has 3 nitrogen and oxygen atoms in total. The number of halogens is 3. The third kappa shape index (κ3) is 3.10. The van der Waals surface area contributed by atoms with Crippen LogP contribution in [0.1, 0.15) is 48.2 Å². The molecule has 0 aliphatic rings. The van der Waals surface area contributed by atoms with Crippen molar-refractivity contribution < 1.29 is 23.1 Å². The second-order valence-corrected chi connectivity index (χ2v) is 4.76. The third-order valence-electron chi connectivity index (χ3n) is 3.17. The van der Waals surface area contributed by atoms with Crippen molar-refractivity contribution in [2.45, 2.75) is 38.3 Å². The molecule has 0 radical (unpaired) electrons. The monoisotopic (exact) mass is 285 g/mol. The van der Waals surface area contributed by atoms with Gasteiger partial charge in [0, 0.05) is 0 Å². The van der Waals surface area contributed by atoms with E-state index < -0.39 is 23.1 Å². The first-order chi connectivity index (χ1) is 9.15. The number of nitriles is 1. The molecule has 1 atom stereocenters. The van der Waals surface area contributed by atoms with Crippen LogP contribution in [0, 0.1) is 11.3 Å². The van der Waals surface area contributed by atoms with Crippen molar-refractivity contribution in [1.29, 1.82) is 5.26 Å². The molecule has 0 amide bonds. The van der Waals surface area contributed by atoms with Gasteiger partial charge in [0.05, 0.1) is 22.6 Å². The highest BCUT2D eigenvalue weighted by atomic mass is 19.4. The number of nitrogens with zero attached hydrogens (tertiary/aromatic N) is 1. The molecule has 20 heavy (non-hydrogen) atoms. The van der Waals surface area contributed by atoms with Crippen LogP contribution in [0.3, 0.4) is 0 Å². The number of benzene rings is 1. The van der Waals surface area contributed by atoms with Gasteiger partial charge in [0.2, 0.25) is 0 Å². The quantitative estimate of drug-likeness (QED) is 0.910. The number of rotatable bonds is 4. The van der Waals surface area contributed by atoms with Crippen molar-refractivity contribution in [3.63, 3.8) is 0 Å². The maximum atomic E-state index is 12.7. The number of aromatic carboxylic acids is 1. The molecule has 0 aliphatic carbocycles. The average Bonchev–Trinajstić information content (AvgIpc) is 2.37. The summed E-state index contributed by atoms with van der Waals surface area (Å²) in [5.74, 6) is -1.34. The van der Waals surface area contributed by atoms with E-state index in [4.69, 9.17) is 5.11 Å². The zero-order valence-electron chi connectivity index (χ0n) is 11.1. The largest absolute Gasteiger partial charge is 0.478 e. The highest BCUT2D eigenvalue weighted by molar-refractivity contribution is 5.90. The lowest BCUT2D eigenvalue weighted by atomic mass is 9.77. The smallest absolute Gasteiger partial charge is 0.416 e. The minimum absolute atomic E-state index is 0.0934. The Bertz CT molecular complexity index is 561. The van der Waals surface area contributed by atoms with Gasteiger partial charge in [-0.1, -0.05) is 13.3 Å². The number of alkyl halides is 3. The summed E-state index contributed by atoms with van der Waals surface area (Å²) in [6.07, 6.45) is -3.74. The van der Waals surface area contributed by atoms with E-state index in [0.29, 0.717) is 6.42 Å². The van der Waals surface area contributed by atoms with Gasteiger partial charge < -0.3 is 5.11 Å². The Labute approximate surface area is 114 Å².